The van der Waals surface area contributed by atoms with Crippen LogP contribution in [0.4, 0.5) is 11.4 Å². The highest BCUT2D eigenvalue weighted by Crippen LogP contribution is 2.24. The predicted molar refractivity (Wildman–Crippen MR) is 91.2 cm³/mol. The van der Waals surface area contributed by atoms with Gasteiger partial charge in [0.2, 0.25) is 5.91 Å². The normalized spacial score (nSPS) is 12.8. The SMILES string of the molecule is CNC(=O)c1ccccc1NC(=O)c1ccc2c(c1)CCC(=O)N2. The Bertz CT molecular complexity index is 830. The van der Waals surface area contributed by atoms with Crippen molar-refractivity contribution in [2.75, 3.05) is 17.7 Å². The molecule has 0 aliphatic carbocycles. The maximum Gasteiger partial charge on any atom is 0.255 e. The van der Waals surface area contributed by atoms with Gasteiger partial charge in [-0.1, -0.05) is 12.1 Å². The molecule has 0 saturated carbocycles. The van der Waals surface area contributed by atoms with Crippen LogP contribution in [-0.2, 0) is 11.2 Å². The molecule has 1 aliphatic heterocycles. The van der Waals surface area contributed by atoms with Crippen molar-refractivity contribution in [2.24, 2.45) is 0 Å². The highest BCUT2D eigenvalue weighted by molar-refractivity contribution is 6.09. The molecule has 1 aliphatic rings. The first-order valence-electron chi connectivity index (χ1n) is 7.63. The standard InChI is InChI=1S/C18H17N3O3/c1-19-18(24)13-4-2-3-5-15(13)21-17(23)12-6-8-14-11(10-12)7-9-16(22)20-14/h2-6,8,10H,7,9H2,1H3,(H,19,24)(H,20,22)(H,21,23). The van der Waals surface area contributed by atoms with E-state index in [4.69, 9.17) is 0 Å². The number of carbonyl (C=O) groups is 3. The van der Waals surface area contributed by atoms with Gasteiger partial charge in [-0.25, -0.2) is 0 Å². The minimum Gasteiger partial charge on any atom is -0.355 e. The molecule has 3 N–H and O–H groups in total. The van der Waals surface area contributed by atoms with E-state index in [2.05, 4.69) is 16.0 Å². The zero-order chi connectivity index (χ0) is 17.1. The lowest BCUT2D eigenvalue weighted by molar-refractivity contribution is -0.116. The molecule has 6 heteroatoms. The molecule has 2 aromatic rings. The molecule has 122 valence electrons. The molecule has 0 saturated heterocycles. The molecule has 0 atom stereocenters. The number of hydrogen-bond donors (Lipinski definition) is 3. The van der Waals surface area contributed by atoms with Gasteiger partial charge in [-0.05, 0) is 42.3 Å². The fraction of sp³-hybridized carbons (Fsp3) is 0.167. The van der Waals surface area contributed by atoms with Crippen molar-refractivity contribution >= 4 is 29.1 Å². The fourth-order valence-electron chi connectivity index (χ4n) is 2.64. The van der Waals surface area contributed by atoms with E-state index >= 15 is 0 Å². The topological polar surface area (TPSA) is 87.3 Å². The molecular formula is C18H17N3O3. The molecule has 2 aromatic carbocycles. The van der Waals surface area contributed by atoms with Crippen molar-refractivity contribution in [3.63, 3.8) is 0 Å². The van der Waals surface area contributed by atoms with E-state index in [1.807, 2.05) is 0 Å². The summed E-state index contributed by atoms with van der Waals surface area (Å²) >= 11 is 0. The minimum absolute atomic E-state index is 0.0146. The zero-order valence-corrected chi connectivity index (χ0v) is 13.2. The Morgan fingerprint density at radius 3 is 2.62 bits per heavy atom. The van der Waals surface area contributed by atoms with Crippen LogP contribution in [0.15, 0.2) is 42.5 Å². The molecule has 24 heavy (non-hydrogen) atoms. The zero-order valence-electron chi connectivity index (χ0n) is 13.2. The first-order valence-corrected chi connectivity index (χ1v) is 7.63. The van der Waals surface area contributed by atoms with Crippen LogP contribution < -0.4 is 16.0 Å². The van der Waals surface area contributed by atoms with E-state index in [0.29, 0.717) is 29.7 Å². The van der Waals surface area contributed by atoms with Gasteiger partial charge in [0.25, 0.3) is 11.8 Å². The number of anilines is 2. The molecule has 6 nitrogen and oxygen atoms in total. The first-order chi connectivity index (χ1) is 11.6. The Morgan fingerprint density at radius 1 is 1.04 bits per heavy atom. The molecule has 0 aromatic heterocycles. The summed E-state index contributed by atoms with van der Waals surface area (Å²) in [6, 6.07) is 12.0. The van der Waals surface area contributed by atoms with E-state index in [0.717, 1.165) is 11.3 Å². The Kier molecular flexibility index (Phi) is 4.29. The number of para-hydroxylation sites is 1. The smallest absolute Gasteiger partial charge is 0.255 e. The summed E-state index contributed by atoms with van der Waals surface area (Å²) in [4.78, 5) is 35.8. The first kappa shape index (κ1) is 15.7. The van der Waals surface area contributed by atoms with Gasteiger partial charge < -0.3 is 16.0 Å². The number of hydrogen-bond acceptors (Lipinski definition) is 3. The average Bonchev–Trinajstić information content (AvgIpc) is 2.61. The average molecular weight is 323 g/mol. The molecular weight excluding hydrogens is 306 g/mol. The summed E-state index contributed by atoms with van der Waals surface area (Å²) in [7, 11) is 1.54. The number of benzene rings is 2. The number of rotatable bonds is 3. The lowest BCUT2D eigenvalue weighted by atomic mass is 10.00. The number of amides is 3. The fourth-order valence-corrected chi connectivity index (χ4v) is 2.64. The molecule has 0 radical (unpaired) electrons. The molecule has 0 spiro atoms. The molecule has 0 fully saturated rings. The Hall–Kier alpha value is -3.15. The third kappa shape index (κ3) is 3.12. The third-order valence-corrected chi connectivity index (χ3v) is 3.91. The Labute approximate surface area is 139 Å². The van der Waals surface area contributed by atoms with Crippen LogP contribution in [0.25, 0.3) is 0 Å². The van der Waals surface area contributed by atoms with Crippen molar-refractivity contribution in [3.8, 4) is 0 Å². The Morgan fingerprint density at radius 2 is 1.83 bits per heavy atom. The van der Waals surface area contributed by atoms with E-state index in [-0.39, 0.29) is 17.7 Å². The van der Waals surface area contributed by atoms with Crippen LogP contribution in [0.2, 0.25) is 0 Å². The number of nitrogens with one attached hydrogen (secondary N) is 3. The Balaban J connectivity index is 1.84. The molecule has 0 unspecified atom stereocenters. The summed E-state index contributed by atoms with van der Waals surface area (Å²) in [6.07, 6.45) is 1.02. The number of carbonyl (C=O) groups excluding carboxylic acids is 3. The second-order valence-corrected chi connectivity index (χ2v) is 5.50. The van der Waals surface area contributed by atoms with Crippen LogP contribution in [0, 0.1) is 0 Å². The van der Waals surface area contributed by atoms with Crippen molar-refractivity contribution in [1.29, 1.82) is 0 Å². The third-order valence-electron chi connectivity index (χ3n) is 3.91. The maximum atomic E-state index is 12.5. The van der Waals surface area contributed by atoms with Gasteiger partial charge in [-0.2, -0.15) is 0 Å². The van der Waals surface area contributed by atoms with Gasteiger partial charge in [-0.15, -0.1) is 0 Å². The van der Waals surface area contributed by atoms with Crippen molar-refractivity contribution in [2.45, 2.75) is 12.8 Å². The predicted octanol–water partition coefficient (Wildman–Crippen LogP) is 2.18. The largest absolute Gasteiger partial charge is 0.355 e. The monoisotopic (exact) mass is 323 g/mol. The van der Waals surface area contributed by atoms with Gasteiger partial charge in [0, 0.05) is 24.7 Å². The van der Waals surface area contributed by atoms with Crippen LogP contribution in [0.5, 0.6) is 0 Å². The lowest BCUT2D eigenvalue weighted by Gasteiger charge is -2.17. The maximum absolute atomic E-state index is 12.5. The molecule has 3 amide bonds. The van der Waals surface area contributed by atoms with E-state index in [9.17, 15) is 14.4 Å². The van der Waals surface area contributed by atoms with E-state index < -0.39 is 0 Å². The van der Waals surface area contributed by atoms with Crippen molar-refractivity contribution < 1.29 is 14.4 Å². The summed E-state index contributed by atoms with van der Waals surface area (Å²) in [5, 5.41) is 8.10. The molecule has 1 heterocycles. The molecule has 0 bridgehead atoms. The summed E-state index contributed by atoms with van der Waals surface area (Å²) in [6.45, 7) is 0. The van der Waals surface area contributed by atoms with Crippen molar-refractivity contribution in [1.82, 2.24) is 5.32 Å². The van der Waals surface area contributed by atoms with Gasteiger partial charge in [0.1, 0.15) is 0 Å². The highest BCUT2D eigenvalue weighted by atomic mass is 16.2. The second kappa shape index (κ2) is 6.54. The van der Waals surface area contributed by atoms with Crippen LogP contribution in [0.1, 0.15) is 32.7 Å². The van der Waals surface area contributed by atoms with Gasteiger partial charge >= 0.3 is 0 Å². The highest BCUT2D eigenvalue weighted by Gasteiger charge is 2.18. The summed E-state index contributed by atoms with van der Waals surface area (Å²) in [5.41, 5.74) is 3.01. The lowest BCUT2D eigenvalue weighted by Crippen LogP contribution is -2.22. The molecule has 3 rings (SSSR count). The van der Waals surface area contributed by atoms with Crippen LogP contribution in [-0.4, -0.2) is 24.8 Å². The van der Waals surface area contributed by atoms with E-state index in [1.54, 1.807) is 49.5 Å². The van der Waals surface area contributed by atoms with Gasteiger partial charge in [0.05, 0.1) is 11.3 Å². The second-order valence-electron chi connectivity index (χ2n) is 5.50. The number of fused-ring (bicyclic) bond motifs is 1. The van der Waals surface area contributed by atoms with E-state index in [1.165, 1.54) is 0 Å². The summed E-state index contributed by atoms with van der Waals surface area (Å²) < 4.78 is 0. The van der Waals surface area contributed by atoms with Crippen LogP contribution >= 0.6 is 0 Å². The quantitative estimate of drug-likeness (QED) is 0.809. The van der Waals surface area contributed by atoms with Crippen LogP contribution in [0.3, 0.4) is 0 Å². The summed E-state index contributed by atoms with van der Waals surface area (Å²) in [5.74, 6) is -0.579. The van der Waals surface area contributed by atoms with Gasteiger partial charge in [-0.3, -0.25) is 14.4 Å². The van der Waals surface area contributed by atoms with Gasteiger partial charge in [0.15, 0.2) is 0 Å². The minimum atomic E-state index is -0.300. The number of aryl methyl sites for hydroxylation is 1. The van der Waals surface area contributed by atoms with Crippen molar-refractivity contribution in [3.05, 3.63) is 59.2 Å².